The summed E-state index contributed by atoms with van der Waals surface area (Å²) in [7, 11) is 0. The SMILES string of the molecule is CCC1CCCC1N1CCc2c(N)cccc2C1. The molecule has 0 spiro atoms. The lowest BCUT2D eigenvalue weighted by Crippen LogP contribution is -2.41. The summed E-state index contributed by atoms with van der Waals surface area (Å²) in [6.07, 6.45) is 6.72. The first kappa shape index (κ1) is 12.0. The van der Waals surface area contributed by atoms with Crippen molar-refractivity contribution in [2.45, 2.75) is 51.6 Å². The van der Waals surface area contributed by atoms with Gasteiger partial charge in [0.1, 0.15) is 0 Å². The maximum atomic E-state index is 6.08. The van der Waals surface area contributed by atoms with E-state index >= 15 is 0 Å². The molecule has 1 heterocycles. The van der Waals surface area contributed by atoms with Crippen molar-refractivity contribution in [1.29, 1.82) is 0 Å². The van der Waals surface area contributed by atoms with Crippen molar-refractivity contribution in [3.05, 3.63) is 29.3 Å². The standard InChI is InChI=1S/C16H24N2/c1-2-12-5-4-8-16(12)18-10-9-14-13(11-18)6-3-7-15(14)17/h3,6-7,12,16H,2,4-5,8-11,17H2,1H3. The zero-order valence-electron chi connectivity index (χ0n) is 11.4. The van der Waals surface area contributed by atoms with E-state index in [0.717, 1.165) is 30.6 Å². The lowest BCUT2D eigenvalue weighted by Gasteiger charge is -2.37. The fraction of sp³-hybridized carbons (Fsp3) is 0.625. The van der Waals surface area contributed by atoms with Crippen LogP contribution in [0, 0.1) is 5.92 Å². The van der Waals surface area contributed by atoms with Crippen LogP contribution in [0.4, 0.5) is 5.69 Å². The summed E-state index contributed by atoms with van der Waals surface area (Å²) in [5.41, 5.74) is 9.93. The number of nitrogens with zero attached hydrogens (tertiary/aromatic N) is 1. The summed E-state index contributed by atoms with van der Waals surface area (Å²) < 4.78 is 0. The van der Waals surface area contributed by atoms with Crippen molar-refractivity contribution in [2.24, 2.45) is 5.92 Å². The van der Waals surface area contributed by atoms with Gasteiger partial charge in [-0.2, -0.15) is 0 Å². The third-order valence-corrected chi connectivity index (χ3v) is 4.94. The summed E-state index contributed by atoms with van der Waals surface area (Å²) in [5.74, 6) is 0.924. The molecule has 2 N–H and O–H groups in total. The molecule has 2 aliphatic rings. The Bertz CT molecular complexity index is 427. The molecule has 0 saturated heterocycles. The number of anilines is 1. The number of nitrogen functional groups attached to an aromatic ring is 1. The summed E-state index contributed by atoms with van der Waals surface area (Å²) in [4.78, 5) is 2.71. The maximum Gasteiger partial charge on any atom is 0.0350 e. The first-order chi connectivity index (χ1) is 8.79. The van der Waals surface area contributed by atoms with Crippen molar-refractivity contribution in [2.75, 3.05) is 12.3 Å². The van der Waals surface area contributed by atoms with Gasteiger partial charge < -0.3 is 5.73 Å². The van der Waals surface area contributed by atoms with Crippen molar-refractivity contribution in [3.63, 3.8) is 0 Å². The van der Waals surface area contributed by atoms with E-state index in [1.165, 1.54) is 43.4 Å². The van der Waals surface area contributed by atoms with E-state index in [-0.39, 0.29) is 0 Å². The fourth-order valence-corrected chi connectivity index (χ4v) is 3.92. The quantitative estimate of drug-likeness (QED) is 0.809. The van der Waals surface area contributed by atoms with Gasteiger partial charge in [-0.25, -0.2) is 0 Å². The molecule has 0 aromatic heterocycles. The van der Waals surface area contributed by atoms with Gasteiger partial charge in [-0.3, -0.25) is 4.90 Å². The van der Waals surface area contributed by atoms with Crippen LogP contribution in [-0.2, 0) is 13.0 Å². The molecule has 0 amide bonds. The van der Waals surface area contributed by atoms with Gasteiger partial charge in [0, 0.05) is 24.8 Å². The molecule has 0 radical (unpaired) electrons. The molecule has 1 saturated carbocycles. The third kappa shape index (κ3) is 2.03. The van der Waals surface area contributed by atoms with E-state index in [1.807, 2.05) is 6.07 Å². The number of rotatable bonds is 2. The second-order valence-corrected chi connectivity index (χ2v) is 5.87. The Kier molecular flexibility index (Phi) is 3.29. The summed E-state index contributed by atoms with van der Waals surface area (Å²) in [6, 6.07) is 7.22. The highest BCUT2D eigenvalue weighted by Gasteiger charge is 2.32. The monoisotopic (exact) mass is 244 g/mol. The minimum atomic E-state index is 0.824. The minimum absolute atomic E-state index is 0.824. The Morgan fingerprint density at radius 3 is 3.06 bits per heavy atom. The normalized spacial score (nSPS) is 28.3. The number of hydrogen-bond donors (Lipinski definition) is 1. The molecule has 2 heteroatoms. The van der Waals surface area contributed by atoms with Gasteiger partial charge in [0.15, 0.2) is 0 Å². The number of nitrogens with two attached hydrogens (primary N) is 1. The highest BCUT2D eigenvalue weighted by atomic mass is 15.2. The zero-order valence-corrected chi connectivity index (χ0v) is 11.4. The molecule has 1 fully saturated rings. The first-order valence-electron chi connectivity index (χ1n) is 7.40. The molecule has 0 bridgehead atoms. The number of fused-ring (bicyclic) bond motifs is 1. The highest BCUT2D eigenvalue weighted by molar-refractivity contribution is 5.51. The van der Waals surface area contributed by atoms with E-state index in [1.54, 1.807) is 0 Å². The highest BCUT2D eigenvalue weighted by Crippen LogP contribution is 2.35. The van der Waals surface area contributed by atoms with E-state index in [2.05, 4.69) is 24.0 Å². The Morgan fingerprint density at radius 2 is 2.22 bits per heavy atom. The van der Waals surface area contributed by atoms with Crippen LogP contribution in [0.2, 0.25) is 0 Å². The lowest BCUT2D eigenvalue weighted by atomic mass is 9.93. The van der Waals surface area contributed by atoms with Crippen molar-refractivity contribution in [1.82, 2.24) is 4.90 Å². The average molecular weight is 244 g/mol. The van der Waals surface area contributed by atoms with Gasteiger partial charge in [0.25, 0.3) is 0 Å². The predicted molar refractivity (Wildman–Crippen MR) is 76.4 cm³/mol. The van der Waals surface area contributed by atoms with Crippen LogP contribution < -0.4 is 5.73 Å². The van der Waals surface area contributed by atoms with Gasteiger partial charge >= 0.3 is 0 Å². The van der Waals surface area contributed by atoms with Crippen LogP contribution in [0.15, 0.2) is 18.2 Å². The Labute approximate surface area is 110 Å². The van der Waals surface area contributed by atoms with Crippen LogP contribution in [-0.4, -0.2) is 17.5 Å². The molecule has 98 valence electrons. The van der Waals surface area contributed by atoms with Gasteiger partial charge in [-0.1, -0.05) is 31.9 Å². The number of benzene rings is 1. The molecule has 2 nitrogen and oxygen atoms in total. The van der Waals surface area contributed by atoms with Gasteiger partial charge in [-0.05, 0) is 42.4 Å². The van der Waals surface area contributed by atoms with Crippen LogP contribution >= 0.6 is 0 Å². The first-order valence-corrected chi connectivity index (χ1v) is 7.40. The smallest absolute Gasteiger partial charge is 0.0350 e. The van der Waals surface area contributed by atoms with E-state index in [4.69, 9.17) is 5.73 Å². The van der Waals surface area contributed by atoms with Gasteiger partial charge in [0.05, 0.1) is 0 Å². The van der Waals surface area contributed by atoms with E-state index < -0.39 is 0 Å². The molecule has 1 aliphatic heterocycles. The summed E-state index contributed by atoms with van der Waals surface area (Å²) >= 11 is 0. The van der Waals surface area contributed by atoms with Crippen LogP contribution in [0.3, 0.4) is 0 Å². The zero-order chi connectivity index (χ0) is 12.5. The molecule has 1 aromatic carbocycles. The second kappa shape index (κ2) is 4.93. The molecular formula is C16H24N2. The van der Waals surface area contributed by atoms with E-state index in [9.17, 15) is 0 Å². The van der Waals surface area contributed by atoms with Crippen molar-refractivity contribution < 1.29 is 0 Å². The summed E-state index contributed by atoms with van der Waals surface area (Å²) in [6.45, 7) is 4.66. The van der Waals surface area contributed by atoms with Crippen LogP contribution in [0.1, 0.15) is 43.7 Å². The number of hydrogen-bond acceptors (Lipinski definition) is 2. The Balaban J connectivity index is 1.78. The van der Waals surface area contributed by atoms with Gasteiger partial charge in [-0.15, -0.1) is 0 Å². The Hall–Kier alpha value is -1.02. The van der Waals surface area contributed by atoms with E-state index in [0.29, 0.717) is 0 Å². The molecule has 2 atom stereocenters. The predicted octanol–water partition coefficient (Wildman–Crippen LogP) is 3.21. The second-order valence-electron chi connectivity index (χ2n) is 5.87. The van der Waals surface area contributed by atoms with Crippen molar-refractivity contribution >= 4 is 5.69 Å². The lowest BCUT2D eigenvalue weighted by molar-refractivity contribution is 0.142. The topological polar surface area (TPSA) is 29.3 Å². The van der Waals surface area contributed by atoms with Gasteiger partial charge in [0.2, 0.25) is 0 Å². The summed E-state index contributed by atoms with van der Waals surface area (Å²) in [5, 5.41) is 0. The van der Waals surface area contributed by atoms with Crippen LogP contribution in [0.25, 0.3) is 0 Å². The molecule has 1 aliphatic carbocycles. The molecular weight excluding hydrogens is 220 g/mol. The largest absolute Gasteiger partial charge is 0.398 e. The minimum Gasteiger partial charge on any atom is -0.398 e. The third-order valence-electron chi connectivity index (χ3n) is 4.94. The molecule has 18 heavy (non-hydrogen) atoms. The molecule has 1 aromatic rings. The average Bonchev–Trinajstić information content (AvgIpc) is 2.87. The molecule has 3 rings (SSSR count). The molecule has 2 unspecified atom stereocenters. The Morgan fingerprint density at radius 1 is 1.33 bits per heavy atom. The van der Waals surface area contributed by atoms with Crippen molar-refractivity contribution in [3.8, 4) is 0 Å². The van der Waals surface area contributed by atoms with Crippen LogP contribution in [0.5, 0.6) is 0 Å². The fourth-order valence-electron chi connectivity index (χ4n) is 3.92. The maximum absolute atomic E-state index is 6.08.